The fraction of sp³-hybridized carbons (Fsp3) is 0.500. The van der Waals surface area contributed by atoms with Gasteiger partial charge in [0, 0.05) is 36.7 Å². The molecule has 0 aliphatic heterocycles. The lowest BCUT2D eigenvalue weighted by Gasteiger charge is -2.30. The summed E-state index contributed by atoms with van der Waals surface area (Å²) >= 11 is 0. The van der Waals surface area contributed by atoms with E-state index >= 15 is 0 Å². The fourth-order valence-corrected chi connectivity index (χ4v) is 3.51. The first-order valence-electron chi connectivity index (χ1n) is 10.8. The van der Waals surface area contributed by atoms with Crippen LogP contribution < -0.4 is 5.32 Å². The van der Waals surface area contributed by atoms with Gasteiger partial charge in [-0.2, -0.15) is 0 Å². The van der Waals surface area contributed by atoms with Gasteiger partial charge in [-0.3, -0.25) is 4.79 Å². The minimum atomic E-state index is -0.245. The van der Waals surface area contributed by atoms with Crippen molar-refractivity contribution in [1.29, 1.82) is 0 Å². The van der Waals surface area contributed by atoms with E-state index in [-0.39, 0.29) is 30.6 Å². The summed E-state index contributed by atoms with van der Waals surface area (Å²) < 4.78 is 2.04. The number of carbonyl (C=O) groups excluding carboxylic acids is 2. The van der Waals surface area contributed by atoms with Crippen LogP contribution in [-0.2, 0) is 18.4 Å². The molecule has 6 nitrogen and oxygen atoms in total. The molecule has 1 aliphatic carbocycles. The SMILES string of the molecule is CC(C)c1ccc(NC(=O)N(CC(=O)N(Cc2cccn2C)C2CC2)C(C)C)cc1. The van der Waals surface area contributed by atoms with Gasteiger partial charge in [0.2, 0.25) is 5.91 Å². The number of aromatic nitrogens is 1. The van der Waals surface area contributed by atoms with Crippen molar-refractivity contribution < 1.29 is 9.59 Å². The van der Waals surface area contributed by atoms with Gasteiger partial charge in [-0.05, 0) is 62.4 Å². The molecule has 0 spiro atoms. The highest BCUT2D eigenvalue weighted by molar-refractivity contribution is 5.92. The number of carbonyl (C=O) groups is 2. The maximum atomic E-state index is 13.1. The first-order valence-corrected chi connectivity index (χ1v) is 10.8. The molecule has 3 amide bonds. The normalized spacial score (nSPS) is 13.6. The largest absolute Gasteiger partial charge is 0.353 e. The molecule has 1 heterocycles. The summed E-state index contributed by atoms with van der Waals surface area (Å²) in [4.78, 5) is 29.6. The zero-order chi connectivity index (χ0) is 21.8. The molecule has 1 N–H and O–H groups in total. The van der Waals surface area contributed by atoms with Crippen molar-refractivity contribution in [3.05, 3.63) is 53.9 Å². The second-order valence-electron chi connectivity index (χ2n) is 8.79. The van der Waals surface area contributed by atoms with E-state index in [9.17, 15) is 9.59 Å². The summed E-state index contributed by atoms with van der Waals surface area (Å²) in [5.41, 5.74) is 3.07. The molecule has 162 valence electrons. The average Bonchev–Trinajstić information content (AvgIpc) is 3.46. The highest BCUT2D eigenvalue weighted by Gasteiger charge is 2.34. The van der Waals surface area contributed by atoms with Gasteiger partial charge in [-0.25, -0.2) is 4.79 Å². The van der Waals surface area contributed by atoms with Gasteiger partial charge in [0.05, 0.1) is 6.54 Å². The molecule has 1 aromatic heterocycles. The van der Waals surface area contributed by atoms with Crippen molar-refractivity contribution >= 4 is 17.6 Å². The minimum absolute atomic E-state index is 0.00212. The monoisotopic (exact) mass is 410 g/mol. The number of aryl methyl sites for hydroxylation is 1. The van der Waals surface area contributed by atoms with E-state index in [1.54, 1.807) is 4.90 Å². The lowest BCUT2D eigenvalue weighted by molar-refractivity contribution is -0.133. The van der Waals surface area contributed by atoms with E-state index in [0.717, 1.165) is 24.2 Å². The van der Waals surface area contributed by atoms with Gasteiger partial charge in [-0.1, -0.05) is 26.0 Å². The molecule has 2 aromatic rings. The number of nitrogens with zero attached hydrogens (tertiary/aromatic N) is 3. The molecule has 30 heavy (non-hydrogen) atoms. The van der Waals surface area contributed by atoms with E-state index in [1.165, 1.54) is 5.56 Å². The number of amides is 3. The highest BCUT2D eigenvalue weighted by Crippen LogP contribution is 2.29. The number of anilines is 1. The van der Waals surface area contributed by atoms with Crippen LogP contribution in [0.2, 0.25) is 0 Å². The third-order valence-corrected chi connectivity index (χ3v) is 5.71. The van der Waals surface area contributed by atoms with E-state index < -0.39 is 0 Å². The van der Waals surface area contributed by atoms with Gasteiger partial charge in [0.25, 0.3) is 0 Å². The van der Waals surface area contributed by atoms with Crippen molar-refractivity contribution in [2.75, 3.05) is 11.9 Å². The molecule has 6 heteroatoms. The summed E-state index contributed by atoms with van der Waals surface area (Å²) in [5, 5.41) is 2.95. The Morgan fingerprint density at radius 3 is 2.27 bits per heavy atom. The average molecular weight is 411 g/mol. The first-order chi connectivity index (χ1) is 14.3. The molecule has 1 aromatic carbocycles. The molecule has 3 rings (SSSR count). The number of benzene rings is 1. The van der Waals surface area contributed by atoms with E-state index in [1.807, 2.05) is 73.0 Å². The molecular formula is C24H34N4O2. The molecule has 0 atom stereocenters. The Labute approximate surface area is 179 Å². The van der Waals surface area contributed by atoms with Crippen molar-refractivity contribution in [2.45, 2.75) is 65.1 Å². The zero-order valence-corrected chi connectivity index (χ0v) is 18.8. The van der Waals surface area contributed by atoms with Crippen molar-refractivity contribution in [3.8, 4) is 0 Å². The Morgan fingerprint density at radius 1 is 1.10 bits per heavy atom. The van der Waals surface area contributed by atoms with E-state index in [4.69, 9.17) is 0 Å². The summed E-state index contributed by atoms with van der Waals surface area (Å²) in [6.45, 7) is 8.81. The van der Waals surface area contributed by atoms with Gasteiger partial charge in [0.1, 0.15) is 6.54 Å². The van der Waals surface area contributed by atoms with Crippen LogP contribution in [-0.4, -0.2) is 44.9 Å². The van der Waals surface area contributed by atoms with Crippen LogP contribution >= 0.6 is 0 Å². The van der Waals surface area contributed by atoms with Crippen LogP contribution in [0.1, 0.15) is 57.7 Å². The van der Waals surface area contributed by atoms with Gasteiger partial charge in [-0.15, -0.1) is 0 Å². The van der Waals surface area contributed by atoms with Crippen molar-refractivity contribution in [1.82, 2.24) is 14.4 Å². The third-order valence-electron chi connectivity index (χ3n) is 5.71. The van der Waals surface area contributed by atoms with Crippen LogP contribution in [0.15, 0.2) is 42.6 Å². The number of hydrogen-bond donors (Lipinski definition) is 1. The number of hydrogen-bond acceptors (Lipinski definition) is 2. The third kappa shape index (κ3) is 5.43. The van der Waals surface area contributed by atoms with Crippen LogP contribution in [0, 0.1) is 0 Å². The lowest BCUT2D eigenvalue weighted by Crippen LogP contribution is -2.48. The zero-order valence-electron chi connectivity index (χ0n) is 18.8. The molecule has 0 bridgehead atoms. The van der Waals surface area contributed by atoms with Crippen LogP contribution in [0.3, 0.4) is 0 Å². The Kier molecular flexibility index (Phi) is 6.85. The summed E-state index contributed by atoms with van der Waals surface area (Å²) in [5.74, 6) is 0.440. The fourth-order valence-electron chi connectivity index (χ4n) is 3.51. The maximum Gasteiger partial charge on any atom is 0.322 e. The Hall–Kier alpha value is -2.76. The highest BCUT2D eigenvalue weighted by atomic mass is 16.2. The summed E-state index contributed by atoms with van der Waals surface area (Å²) in [6.07, 6.45) is 4.06. The summed E-state index contributed by atoms with van der Waals surface area (Å²) in [6, 6.07) is 11.9. The Balaban J connectivity index is 1.66. The first kappa shape index (κ1) is 21.9. The Bertz CT molecular complexity index is 866. The van der Waals surface area contributed by atoms with Crippen LogP contribution in [0.5, 0.6) is 0 Å². The molecule has 0 unspecified atom stereocenters. The quantitative estimate of drug-likeness (QED) is 0.692. The molecule has 1 aliphatic rings. The predicted octanol–water partition coefficient (Wildman–Crippen LogP) is 4.58. The van der Waals surface area contributed by atoms with E-state index in [0.29, 0.717) is 12.5 Å². The second kappa shape index (κ2) is 9.37. The smallest absolute Gasteiger partial charge is 0.322 e. The van der Waals surface area contributed by atoms with Crippen LogP contribution in [0.4, 0.5) is 10.5 Å². The lowest BCUT2D eigenvalue weighted by atomic mass is 10.0. The molecule has 0 saturated heterocycles. The molecule has 1 fully saturated rings. The number of nitrogens with one attached hydrogen (secondary N) is 1. The summed E-state index contributed by atoms with van der Waals surface area (Å²) in [7, 11) is 1.99. The van der Waals surface area contributed by atoms with Crippen molar-refractivity contribution in [3.63, 3.8) is 0 Å². The maximum absolute atomic E-state index is 13.1. The predicted molar refractivity (Wildman–Crippen MR) is 120 cm³/mol. The molecule has 0 radical (unpaired) electrons. The standard InChI is InChI=1S/C24H34N4O2/c1-17(2)19-8-10-20(11-9-19)25-24(30)27(18(3)4)16-23(29)28(21-12-13-21)15-22-7-6-14-26(22)5/h6-11,14,17-18,21H,12-13,15-16H2,1-5H3,(H,25,30). The topological polar surface area (TPSA) is 57.6 Å². The van der Waals surface area contributed by atoms with Crippen LogP contribution in [0.25, 0.3) is 0 Å². The Morgan fingerprint density at radius 2 is 1.77 bits per heavy atom. The van der Waals surface area contributed by atoms with Gasteiger partial charge in [0.15, 0.2) is 0 Å². The van der Waals surface area contributed by atoms with Gasteiger partial charge >= 0.3 is 6.03 Å². The van der Waals surface area contributed by atoms with Gasteiger partial charge < -0.3 is 19.7 Å². The van der Waals surface area contributed by atoms with E-state index in [2.05, 4.69) is 19.2 Å². The van der Waals surface area contributed by atoms with Crippen molar-refractivity contribution in [2.24, 2.45) is 7.05 Å². The second-order valence-corrected chi connectivity index (χ2v) is 8.79. The molecule has 1 saturated carbocycles. The molecular weight excluding hydrogens is 376 g/mol. The number of rotatable bonds is 8. The number of urea groups is 1. The minimum Gasteiger partial charge on any atom is -0.353 e.